The van der Waals surface area contributed by atoms with Gasteiger partial charge in [-0.3, -0.25) is 29.0 Å². The second kappa shape index (κ2) is 7.76. The van der Waals surface area contributed by atoms with Gasteiger partial charge < -0.3 is 11.1 Å². The lowest BCUT2D eigenvalue weighted by atomic mass is 10.0. The van der Waals surface area contributed by atoms with Gasteiger partial charge in [0.15, 0.2) is 0 Å². The molecule has 2 fully saturated rings. The van der Waals surface area contributed by atoms with Gasteiger partial charge in [0.1, 0.15) is 0 Å². The molecule has 1 aromatic rings. The Morgan fingerprint density at radius 1 is 1.12 bits per heavy atom. The zero-order valence-corrected chi connectivity index (χ0v) is 14.4. The molecule has 3 rings (SSSR count). The van der Waals surface area contributed by atoms with Crippen molar-refractivity contribution in [3.8, 4) is 0 Å². The zero-order valence-electron chi connectivity index (χ0n) is 14.4. The van der Waals surface area contributed by atoms with Crippen molar-refractivity contribution in [3.63, 3.8) is 0 Å². The van der Waals surface area contributed by atoms with Crippen LogP contribution in [-0.2, 0) is 25.6 Å². The fourth-order valence-corrected chi connectivity index (χ4v) is 3.29. The summed E-state index contributed by atoms with van der Waals surface area (Å²) in [5.41, 5.74) is 6.81. The van der Waals surface area contributed by atoms with E-state index in [1.807, 2.05) is 30.3 Å². The molecule has 138 valence electrons. The average Bonchev–Trinajstić information content (AvgIpc) is 3.18. The number of amides is 4. The standard InChI is InChI=1S/C18H22N4O4/c19-13(11-12-5-2-1-3-6-12)15(23)21-9-10-22(18(26)17(21)25)16(24)14-7-4-8-20-14/h1-3,5-6,13-14,20H,4,7-11,19H2. The van der Waals surface area contributed by atoms with Crippen LogP contribution >= 0.6 is 0 Å². The summed E-state index contributed by atoms with van der Waals surface area (Å²) >= 11 is 0. The Morgan fingerprint density at radius 2 is 1.77 bits per heavy atom. The largest absolute Gasteiger partial charge is 0.320 e. The van der Waals surface area contributed by atoms with E-state index >= 15 is 0 Å². The Morgan fingerprint density at radius 3 is 2.42 bits per heavy atom. The number of carbonyl (C=O) groups excluding carboxylic acids is 4. The van der Waals surface area contributed by atoms with Crippen LogP contribution in [-0.4, -0.2) is 65.1 Å². The minimum absolute atomic E-state index is 0.00534. The number of piperazine rings is 1. The minimum atomic E-state index is -0.990. The quantitative estimate of drug-likeness (QED) is 0.529. The van der Waals surface area contributed by atoms with Crippen LogP contribution in [0.15, 0.2) is 30.3 Å². The Hall–Kier alpha value is -2.58. The Bertz CT molecular complexity index is 715. The number of carbonyl (C=O) groups is 4. The summed E-state index contributed by atoms with van der Waals surface area (Å²) in [7, 11) is 0. The number of benzene rings is 1. The van der Waals surface area contributed by atoms with Gasteiger partial charge in [-0.05, 0) is 31.4 Å². The molecule has 0 aromatic heterocycles. The van der Waals surface area contributed by atoms with Crippen molar-refractivity contribution in [3.05, 3.63) is 35.9 Å². The van der Waals surface area contributed by atoms with Crippen LogP contribution in [0.5, 0.6) is 0 Å². The lowest BCUT2D eigenvalue weighted by molar-refractivity contribution is -0.165. The molecule has 8 nitrogen and oxygen atoms in total. The molecule has 2 atom stereocenters. The minimum Gasteiger partial charge on any atom is -0.320 e. The fourth-order valence-electron chi connectivity index (χ4n) is 3.29. The van der Waals surface area contributed by atoms with E-state index in [1.54, 1.807) is 0 Å². The number of nitrogens with two attached hydrogens (primary N) is 1. The van der Waals surface area contributed by atoms with E-state index < -0.39 is 35.7 Å². The predicted molar refractivity (Wildman–Crippen MR) is 92.6 cm³/mol. The predicted octanol–water partition coefficient (Wildman–Crippen LogP) is -0.968. The Kier molecular flexibility index (Phi) is 5.43. The molecular formula is C18H22N4O4. The second-order valence-corrected chi connectivity index (χ2v) is 6.54. The molecule has 1 aromatic carbocycles. The van der Waals surface area contributed by atoms with Gasteiger partial charge >= 0.3 is 11.8 Å². The molecule has 0 radical (unpaired) electrons. The van der Waals surface area contributed by atoms with E-state index in [4.69, 9.17) is 5.73 Å². The van der Waals surface area contributed by atoms with Gasteiger partial charge in [0.05, 0.1) is 12.1 Å². The number of hydrogen-bond acceptors (Lipinski definition) is 6. The molecule has 8 heteroatoms. The van der Waals surface area contributed by atoms with Crippen LogP contribution < -0.4 is 11.1 Å². The van der Waals surface area contributed by atoms with Gasteiger partial charge in [-0.2, -0.15) is 0 Å². The topological polar surface area (TPSA) is 113 Å². The van der Waals surface area contributed by atoms with Gasteiger partial charge in [0, 0.05) is 13.1 Å². The maximum atomic E-state index is 12.5. The molecular weight excluding hydrogens is 336 g/mol. The van der Waals surface area contributed by atoms with Gasteiger partial charge in [-0.25, -0.2) is 0 Å². The third-order valence-corrected chi connectivity index (χ3v) is 4.73. The summed E-state index contributed by atoms with van der Waals surface area (Å²) < 4.78 is 0. The van der Waals surface area contributed by atoms with Crippen LogP contribution in [0.1, 0.15) is 18.4 Å². The van der Waals surface area contributed by atoms with E-state index in [1.165, 1.54) is 0 Å². The monoisotopic (exact) mass is 358 g/mol. The van der Waals surface area contributed by atoms with Crippen molar-refractivity contribution in [1.82, 2.24) is 15.1 Å². The van der Waals surface area contributed by atoms with Crippen LogP contribution in [0.25, 0.3) is 0 Å². The van der Waals surface area contributed by atoms with Crippen molar-refractivity contribution in [2.75, 3.05) is 19.6 Å². The highest BCUT2D eigenvalue weighted by molar-refractivity contribution is 6.40. The van der Waals surface area contributed by atoms with Gasteiger partial charge in [-0.15, -0.1) is 0 Å². The highest BCUT2D eigenvalue weighted by atomic mass is 16.2. The molecule has 2 unspecified atom stereocenters. The molecule has 26 heavy (non-hydrogen) atoms. The third kappa shape index (κ3) is 3.66. The first-order valence-electron chi connectivity index (χ1n) is 8.73. The smallest absolute Gasteiger partial charge is 0.319 e. The van der Waals surface area contributed by atoms with E-state index in [0.717, 1.165) is 21.8 Å². The van der Waals surface area contributed by atoms with Crippen molar-refractivity contribution in [1.29, 1.82) is 0 Å². The Labute approximate surface area is 151 Å². The zero-order chi connectivity index (χ0) is 18.7. The number of hydrogen-bond donors (Lipinski definition) is 2. The van der Waals surface area contributed by atoms with Crippen LogP contribution in [0.4, 0.5) is 0 Å². The highest BCUT2D eigenvalue weighted by Gasteiger charge is 2.42. The molecule has 0 saturated carbocycles. The van der Waals surface area contributed by atoms with Crippen molar-refractivity contribution < 1.29 is 19.2 Å². The summed E-state index contributed by atoms with van der Waals surface area (Å²) in [6.45, 7) is 0.696. The molecule has 2 aliphatic rings. The summed E-state index contributed by atoms with van der Waals surface area (Å²) in [5, 5.41) is 3.01. The summed E-state index contributed by atoms with van der Waals surface area (Å²) in [6, 6.07) is 7.85. The lowest BCUT2D eigenvalue weighted by Gasteiger charge is -2.33. The number of nitrogens with zero attached hydrogens (tertiary/aromatic N) is 2. The molecule has 0 aliphatic carbocycles. The second-order valence-electron chi connectivity index (χ2n) is 6.54. The lowest BCUT2D eigenvalue weighted by Crippen LogP contribution is -2.62. The Balaban J connectivity index is 1.63. The van der Waals surface area contributed by atoms with E-state index in [0.29, 0.717) is 13.0 Å². The fraction of sp³-hybridized carbons (Fsp3) is 0.444. The van der Waals surface area contributed by atoms with Crippen LogP contribution in [0.3, 0.4) is 0 Å². The number of rotatable bonds is 4. The summed E-state index contributed by atoms with van der Waals surface area (Å²) in [4.78, 5) is 51.3. The normalized spacial score (nSPS) is 21.8. The molecule has 2 saturated heterocycles. The molecule has 2 aliphatic heterocycles. The van der Waals surface area contributed by atoms with E-state index in [-0.39, 0.29) is 19.5 Å². The number of nitrogens with one attached hydrogen (secondary N) is 1. The molecule has 0 bridgehead atoms. The van der Waals surface area contributed by atoms with E-state index in [2.05, 4.69) is 5.32 Å². The molecule has 2 heterocycles. The highest BCUT2D eigenvalue weighted by Crippen LogP contribution is 2.14. The molecule has 3 N–H and O–H groups in total. The van der Waals surface area contributed by atoms with E-state index in [9.17, 15) is 19.2 Å². The SMILES string of the molecule is NC(Cc1ccccc1)C(=O)N1CCN(C(=O)C2CCCN2)C(=O)C1=O. The van der Waals surface area contributed by atoms with Crippen molar-refractivity contribution in [2.24, 2.45) is 5.73 Å². The maximum Gasteiger partial charge on any atom is 0.319 e. The first kappa shape index (κ1) is 18.2. The third-order valence-electron chi connectivity index (χ3n) is 4.73. The van der Waals surface area contributed by atoms with Gasteiger partial charge in [0.2, 0.25) is 11.8 Å². The van der Waals surface area contributed by atoms with Gasteiger partial charge in [-0.1, -0.05) is 30.3 Å². The maximum absolute atomic E-state index is 12.5. The number of imide groups is 2. The van der Waals surface area contributed by atoms with Crippen molar-refractivity contribution >= 4 is 23.6 Å². The van der Waals surface area contributed by atoms with Crippen LogP contribution in [0.2, 0.25) is 0 Å². The van der Waals surface area contributed by atoms with Crippen LogP contribution in [0, 0.1) is 0 Å². The first-order valence-corrected chi connectivity index (χ1v) is 8.73. The van der Waals surface area contributed by atoms with Gasteiger partial charge in [0.25, 0.3) is 0 Å². The molecule has 4 amide bonds. The van der Waals surface area contributed by atoms with Crippen molar-refractivity contribution in [2.45, 2.75) is 31.3 Å². The molecule has 0 spiro atoms. The average molecular weight is 358 g/mol. The first-order chi connectivity index (χ1) is 12.5. The summed E-state index contributed by atoms with van der Waals surface area (Å²) in [5.74, 6) is -2.95. The summed E-state index contributed by atoms with van der Waals surface area (Å²) in [6.07, 6.45) is 1.76.